The molecule has 4 nitrogen and oxygen atoms in total. The first-order valence-electron chi connectivity index (χ1n) is 12.8. The van der Waals surface area contributed by atoms with E-state index in [1.165, 1.54) is 76.4 Å². The molecule has 0 aliphatic rings. The second-order valence-corrected chi connectivity index (χ2v) is 10.3. The van der Waals surface area contributed by atoms with E-state index in [9.17, 15) is 9.59 Å². The van der Waals surface area contributed by atoms with E-state index < -0.39 is 5.41 Å². The van der Waals surface area contributed by atoms with Gasteiger partial charge in [0.05, 0.1) is 18.6 Å². The minimum Gasteiger partial charge on any atom is -0.466 e. The molecule has 0 radical (unpaired) electrons. The van der Waals surface area contributed by atoms with Gasteiger partial charge < -0.3 is 9.47 Å². The van der Waals surface area contributed by atoms with E-state index in [0.717, 1.165) is 19.3 Å². The van der Waals surface area contributed by atoms with E-state index >= 15 is 0 Å². The monoisotopic (exact) mass is 458 g/mol. The van der Waals surface area contributed by atoms with E-state index in [4.69, 9.17) is 9.47 Å². The van der Waals surface area contributed by atoms with Crippen molar-refractivity contribution in [1.29, 1.82) is 0 Å². The first-order valence-corrected chi connectivity index (χ1v) is 14.1. The highest BCUT2D eigenvalue weighted by molar-refractivity contribution is 7.98. The minimum atomic E-state index is -0.451. The minimum absolute atomic E-state index is 0.185. The van der Waals surface area contributed by atoms with Crippen molar-refractivity contribution >= 4 is 23.7 Å². The maximum atomic E-state index is 11.8. The lowest BCUT2D eigenvalue weighted by atomic mass is 9.91. The van der Waals surface area contributed by atoms with Gasteiger partial charge in [-0.1, -0.05) is 77.6 Å². The highest BCUT2D eigenvalue weighted by Crippen LogP contribution is 2.21. The molecule has 31 heavy (non-hydrogen) atoms. The summed E-state index contributed by atoms with van der Waals surface area (Å²) < 4.78 is 10.5. The van der Waals surface area contributed by atoms with Crippen LogP contribution in [0.15, 0.2) is 0 Å². The molecule has 0 saturated heterocycles. The van der Waals surface area contributed by atoms with Gasteiger partial charge in [0.15, 0.2) is 0 Å². The molecule has 0 atom stereocenters. The summed E-state index contributed by atoms with van der Waals surface area (Å²) in [5.74, 6) is 0.939. The lowest BCUT2D eigenvalue weighted by molar-refractivity contribution is -0.155. The summed E-state index contributed by atoms with van der Waals surface area (Å²) in [5.41, 5.74) is -0.451. The lowest BCUT2D eigenvalue weighted by Crippen LogP contribution is -2.26. The standard InChI is InChI=1S/C26H50O4S/c1-5-26(2,3)25(28)30-22-19-20-24(27)29-21-17-15-13-11-9-7-6-8-10-12-14-16-18-23-31-4/h5-23H2,1-4H3. The molecule has 0 saturated carbocycles. The largest absolute Gasteiger partial charge is 0.466 e. The van der Waals surface area contributed by atoms with Gasteiger partial charge in [-0.3, -0.25) is 9.59 Å². The van der Waals surface area contributed by atoms with Gasteiger partial charge in [0, 0.05) is 6.42 Å². The summed E-state index contributed by atoms with van der Waals surface area (Å²) >= 11 is 1.96. The number of hydrogen-bond acceptors (Lipinski definition) is 5. The Bertz CT molecular complexity index is 437. The number of carbonyl (C=O) groups is 2. The maximum Gasteiger partial charge on any atom is 0.311 e. The molecule has 0 rings (SSSR count). The van der Waals surface area contributed by atoms with Crippen molar-refractivity contribution in [2.24, 2.45) is 5.41 Å². The van der Waals surface area contributed by atoms with Gasteiger partial charge in [-0.15, -0.1) is 0 Å². The third-order valence-corrected chi connectivity index (χ3v) is 6.65. The topological polar surface area (TPSA) is 52.6 Å². The van der Waals surface area contributed by atoms with Crippen molar-refractivity contribution in [3.63, 3.8) is 0 Å². The number of carbonyl (C=O) groups excluding carboxylic acids is 2. The highest BCUT2D eigenvalue weighted by atomic mass is 32.2. The van der Waals surface area contributed by atoms with Crippen LogP contribution in [0.5, 0.6) is 0 Å². The SMILES string of the molecule is CCC(C)(C)C(=O)OCCCC(=O)OCCCCCCCCCCCCCCCSC. The predicted molar refractivity (Wildman–Crippen MR) is 134 cm³/mol. The van der Waals surface area contributed by atoms with Crippen LogP contribution in [0.2, 0.25) is 0 Å². The Morgan fingerprint density at radius 3 is 1.61 bits per heavy atom. The molecule has 0 aromatic rings. The van der Waals surface area contributed by atoms with Crippen LogP contribution in [0.1, 0.15) is 124 Å². The van der Waals surface area contributed by atoms with Crippen LogP contribution in [-0.2, 0) is 19.1 Å². The summed E-state index contributed by atoms with van der Waals surface area (Å²) in [6.07, 6.45) is 20.9. The average Bonchev–Trinajstić information content (AvgIpc) is 2.76. The Hall–Kier alpha value is -0.710. The zero-order valence-electron chi connectivity index (χ0n) is 21.0. The first kappa shape index (κ1) is 30.3. The highest BCUT2D eigenvalue weighted by Gasteiger charge is 2.26. The fraction of sp³-hybridized carbons (Fsp3) is 0.923. The van der Waals surface area contributed by atoms with Gasteiger partial charge >= 0.3 is 11.9 Å². The van der Waals surface area contributed by atoms with E-state index in [1.54, 1.807) is 0 Å². The second kappa shape index (κ2) is 21.2. The van der Waals surface area contributed by atoms with Crippen molar-refractivity contribution in [2.75, 3.05) is 25.2 Å². The van der Waals surface area contributed by atoms with Gasteiger partial charge in [0.1, 0.15) is 0 Å². The number of hydrogen-bond donors (Lipinski definition) is 0. The average molecular weight is 459 g/mol. The molecule has 0 N–H and O–H groups in total. The van der Waals surface area contributed by atoms with Crippen LogP contribution >= 0.6 is 11.8 Å². The van der Waals surface area contributed by atoms with Gasteiger partial charge in [-0.2, -0.15) is 11.8 Å². The smallest absolute Gasteiger partial charge is 0.311 e. The normalized spacial score (nSPS) is 11.5. The molecular weight excluding hydrogens is 408 g/mol. The van der Waals surface area contributed by atoms with Gasteiger partial charge in [-0.25, -0.2) is 0 Å². The van der Waals surface area contributed by atoms with Crippen molar-refractivity contribution in [3.05, 3.63) is 0 Å². The molecule has 0 spiro atoms. The Morgan fingerprint density at radius 1 is 0.677 bits per heavy atom. The Morgan fingerprint density at radius 2 is 1.13 bits per heavy atom. The van der Waals surface area contributed by atoms with Crippen molar-refractivity contribution in [1.82, 2.24) is 0 Å². The molecule has 0 aliphatic heterocycles. The molecule has 0 heterocycles. The van der Waals surface area contributed by atoms with E-state index in [0.29, 0.717) is 19.4 Å². The molecule has 184 valence electrons. The van der Waals surface area contributed by atoms with Crippen LogP contribution in [0.25, 0.3) is 0 Å². The van der Waals surface area contributed by atoms with Crippen LogP contribution in [-0.4, -0.2) is 37.2 Å². The second-order valence-electron chi connectivity index (χ2n) is 9.29. The fourth-order valence-corrected chi connectivity index (χ4v) is 3.77. The number of ether oxygens (including phenoxy) is 2. The molecule has 0 aliphatic carbocycles. The zero-order chi connectivity index (χ0) is 23.2. The lowest BCUT2D eigenvalue weighted by Gasteiger charge is -2.20. The van der Waals surface area contributed by atoms with Crippen LogP contribution in [0, 0.1) is 5.41 Å². The third kappa shape index (κ3) is 19.7. The summed E-state index contributed by atoms with van der Waals surface area (Å²) in [4.78, 5) is 23.6. The molecule has 0 amide bonds. The number of unbranched alkanes of at least 4 members (excludes halogenated alkanes) is 12. The molecular formula is C26H50O4S. The fourth-order valence-electron chi connectivity index (χ4n) is 3.27. The van der Waals surface area contributed by atoms with Gasteiger partial charge in [0.25, 0.3) is 0 Å². The maximum absolute atomic E-state index is 11.8. The van der Waals surface area contributed by atoms with Crippen molar-refractivity contribution < 1.29 is 19.1 Å². The number of thioether (sulfide) groups is 1. The van der Waals surface area contributed by atoms with E-state index in [2.05, 4.69) is 6.26 Å². The summed E-state index contributed by atoms with van der Waals surface area (Å²) in [7, 11) is 0. The third-order valence-electron chi connectivity index (χ3n) is 5.95. The molecule has 0 aromatic carbocycles. The quantitative estimate of drug-likeness (QED) is 0.123. The number of rotatable bonds is 22. The van der Waals surface area contributed by atoms with Crippen molar-refractivity contribution in [3.8, 4) is 0 Å². The zero-order valence-corrected chi connectivity index (χ0v) is 21.8. The molecule has 5 heteroatoms. The predicted octanol–water partition coefficient (Wildman–Crippen LogP) is 7.72. The molecule has 0 unspecified atom stereocenters. The van der Waals surface area contributed by atoms with Gasteiger partial charge in [0.2, 0.25) is 0 Å². The van der Waals surface area contributed by atoms with E-state index in [-0.39, 0.29) is 18.5 Å². The van der Waals surface area contributed by atoms with E-state index in [1.807, 2.05) is 32.5 Å². The van der Waals surface area contributed by atoms with Crippen LogP contribution < -0.4 is 0 Å². The summed E-state index contributed by atoms with van der Waals surface area (Å²) in [6, 6.07) is 0. The van der Waals surface area contributed by atoms with Gasteiger partial charge in [-0.05, 0) is 51.5 Å². The van der Waals surface area contributed by atoms with Crippen LogP contribution in [0.3, 0.4) is 0 Å². The molecule has 0 aromatic heterocycles. The Labute approximate surface area is 197 Å². The first-order chi connectivity index (χ1) is 14.9. The summed E-state index contributed by atoms with van der Waals surface area (Å²) in [5, 5.41) is 0. The van der Waals surface area contributed by atoms with Crippen LogP contribution in [0.4, 0.5) is 0 Å². The van der Waals surface area contributed by atoms with Crippen molar-refractivity contribution in [2.45, 2.75) is 124 Å². The summed E-state index contributed by atoms with van der Waals surface area (Å²) in [6.45, 7) is 6.52. The number of esters is 2. The Balaban J connectivity index is 3.30. The Kier molecular flexibility index (Phi) is 20.7. The molecule has 0 bridgehead atoms. The molecule has 0 fully saturated rings.